The average Bonchev–Trinajstić information content (AvgIpc) is 2.60. The third-order valence-electron chi connectivity index (χ3n) is 5.35. The maximum Gasteiger partial charge on any atom is 0.315 e. The van der Waals surface area contributed by atoms with Gasteiger partial charge in [0.25, 0.3) is 0 Å². The third-order valence-corrected chi connectivity index (χ3v) is 5.35. The van der Waals surface area contributed by atoms with Gasteiger partial charge in [0, 0.05) is 29.3 Å². The normalized spacial score (nSPS) is 23.7. The summed E-state index contributed by atoms with van der Waals surface area (Å²) in [6.45, 7) is 10.1. The molecule has 1 aromatic rings. The number of phenolic OH excluding ortho intramolecular Hbond substituents is 1. The number of allylic oxidation sites excluding steroid dienone is 2. The Bertz CT molecular complexity index is 868. The van der Waals surface area contributed by atoms with E-state index in [1.165, 1.54) is 13.2 Å². The van der Waals surface area contributed by atoms with Gasteiger partial charge < -0.3 is 19.9 Å². The quantitative estimate of drug-likeness (QED) is 0.773. The van der Waals surface area contributed by atoms with Gasteiger partial charge >= 0.3 is 5.97 Å². The Labute approximate surface area is 165 Å². The Morgan fingerprint density at radius 3 is 2.71 bits per heavy atom. The molecule has 0 amide bonds. The van der Waals surface area contributed by atoms with Gasteiger partial charge in [0.05, 0.1) is 13.7 Å². The van der Waals surface area contributed by atoms with Crippen LogP contribution in [0.4, 0.5) is 0 Å². The van der Waals surface area contributed by atoms with Gasteiger partial charge in [-0.15, -0.1) is 0 Å². The fourth-order valence-corrected chi connectivity index (χ4v) is 4.20. The highest BCUT2D eigenvalue weighted by atomic mass is 16.5. The number of esters is 1. The first-order valence-corrected chi connectivity index (χ1v) is 9.44. The van der Waals surface area contributed by atoms with Crippen LogP contribution < -0.4 is 10.1 Å². The van der Waals surface area contributed by atoms with Crippen LogP contribution in [0.15, 0.2) is 41.7 Å². The summed E-state index contributed by atoms with van der Waals surface area (Å²) in [5.74, 6) is -1.41. The van der Waals surface area contributed by atoms with Crippen molar-refractivity contribution < 1.29 is 24.2 Å². The van der Waals surface area contributed by atoms with Crippen LogP contribution in [0.2, 0.25) is 0 Å². The maximum atomic E-state index is 13.1. The van der Waals surface area contributed by atoms with E-state index in [0.717, 1.165) is 5.70 Å². The van der Waals surface area contributed by atoms with Crippen LogP contribution in [-0.4, -0.2) is 30.6 Å². The molecule has 2 aliphatic rings. The topological polar surface area (TPSA) is 84.9 Å². The van der Waals surface area contributed by atoms with Crippen molar-refractivity contribution in [3.8, 4) is 11.5 Å². The van der Waals surface area contributed by atoms with Gasteiger partial charge in [0.2, 0.25) is 0 Å². The molecule has 1 heterocycles. The largest absolute Gasteiger partial charge is 0.504 e. The van der Waals surface area contributed by atoms with E-state index in [1.807, 2.05) is 0 Å². The van der Waals surface area contributed by atoms with E-state index in [-0.39, 0.29) is 29.3 Å². The number of hydrogen-bond acceptors (Lipinski definition) is 6. The zero-order valence-electron chi connectivity index (χ0n) is 16.8. The van der Waals surface area contributed by atoms with E-state index < -0.39 is 17.8 Å². The van der Waals surface area contributed by atoms with Crippen molar-refractivity contribution in [2.75, 3.05) is 13.7 Å². The van der Waals surface area contributed by atoms with Gasteiger partial charge in [0.1, 0.15) is 5.92 Å². The average molecular weight is 385 g/mol. The summed E-state index contributed by atoms with van der Waals surface area (Å²) >= 11 is 0. The molecule has 0 saturated heterocycles. The molecule has 0 bridgehead atoms. The Morgan fingerprint density at radius 2 is 2.07 bits per heavy atom. The molecule has 150 valence electrons. The molecule has 28 heavy (non-hydrogen) atoms. The molecule has 2 unspecified atom stereocenters. The Balaban J connectivity index is 2.19. The van der Waals surface area contributed by atoms with E-state index in [0.29, 0.717) is 29.7 Å². The number of aromatic hydroxyl groups is 1. The summed E-state index contributed by atoms with van der Waals surface area (Å²) in [4.78, 5) is 25.9. The third kappa shape index (κ3) is 3.51. The van der Waals surface area contributed by atoms with Crippen molar-refractivity contribution in [3.63, 3.8) is 0 Å². The van der Waals surface area contributed by atoms with Crippen LogP contribution in [0.5, 0.6) is 11.5 Å². The Hall–Kier alpha value is -2.76. The molecule has 2 atom stereocenters. The molecule has 1 aliphatic heterocycles. The smallest absolute Gasteiger partial charge is 0.315 e. The zero-order chi connectivity index (χ0) is 20.6. The number of ketones is 1. The monoisotopic (exact) mass is 385 g/mol. The molecule has 6 heteroatoms. The van der Waals surface area contributed by atoms with E-state index in [1.54, 1.807) is 19.1 Å². The highest BCUT2D eigenvalue weighted by Crippen LogP contribution is 2.49. The van der Waals surface area contributed by atoms with Gasteiger partial charge in [-0.2, -0.15) is 0 Å². The molecule has 0 fully saturated rings. The summed E-state index contributed by atoms with van der Waals surface area (Å²) in [6.07, 6.45) is 1.09. The number of ether oxygens (including phenoxy) is 2. The maximum absolute atomic E-state index is 13.1. The lowest BCUT2D eigenvalue weighted by atomic mass is 9.66. The van der Waals surface area contributed by atoms with Crippen molar-refractivity contribution in [1.82, 2.24) is 5.32 Å². The number of hydrogen-bond donors (Lipinski definition) is 2. The van der Waals surface area contributed by atoms with Gasteiger partial charge in [-0.3, -0.25) is 9.59 Å². The number of carbonyl (C=O) groups is 2. The second kappa shape index (κ2) is 7.34. The van der Waals surface area contributed by atoms with Gasteiger partial charge in [-0.1, -0.05) is 26.5 Å². The molecular weight excluding hydrogens is 358 g/mol. The summed E-state index contributed by atoms with van der Waals surface area (Å²) in [6, 6.07) is 4.89. The van der Waals surface area contributed by atoms with Gasteiger partial charge in [-0.25, -0.2) is 0 Å². The fourth-order valence-electron chi connectivity index (χ4n) is 4.20. The minimum Gasteiger partial charge on any atom is -0.504 e. The standard InChI is InChI=1S/C22H27NO5/c1-6-28-21(26)18-12(2)23-14-10-22(3,4)11-16(25)20(14)19(18)13-7-8-15(24)17(9-13)27-5/h7-9,18-19,23-24H,2,6,10-11H2,1,3-5H3. The lowest BCUT2D eigenvalue weighted by Crippen LogP contribution is -2.43. The molecule has 0 aromatic heterocycles. The number of methoxy groups -OCH3 is 1. The summed E-state index contributed by atoms with van der Waals surface area (Å²) in [5, 5.41) is 13.2. The van der Waals surface area contributed by atoms with Crippen LogP contribution in [0.3, 0.4) is 0 Å². The second-order valence-electron chi connectivity index (χ2n) is 8.12. The van der Waals surface area contributed by atoms with Crippen LogP contribution in [0.1, 0.15) is 45.1 Å². The lowest BCUT2D eigenvalue weighted by molar-refractivity contribution is -0.147. The molecular formula is C22H27NO5. The second-order valence-corrected chi connectivity index (χ2v) is 8.12. The van der Waals surface area contributed by atoms with Gasteiger partial charge in [-0.05, 0) is 36.5 Å². The Morgan fingerprint density at radius 1 is 1.36 bits per heavy atom. The van der Waals surface area contributed by atoms with Gasteiger partial charge in [0.15, 0.2) is 17.3 Å². The number of rotatable bonds is 4. The van der Waals surface area contributed by atoms with Crippen molar-refractivity contribution in [3.05, 3.63) is 47.3 Å². The first kappa shape index (κ1) is 20.0. The van der Waals surface area contributed by atoms with Crippen LogP contribution in [-0.2, 0) is 14.3 Å². The minimum atomic E-state index is -0.738. The van der Waals surface area contributed by atoms with Crippen molar-refractivity contribution >= 4 is 11.8 Å². The zero-order valence-corrected chi connectivity index (χ0v) is 16.8. The van der Waals surface area contributed by atoms with Crippen LogP contribution in [0, 0.1) is 11.3 Å². The van der Waals surface area contributed by atoms with Crippen molar-refractivity contribution in [1.29, 1.82) is 0 Å². The van der Waals surface area contributed by atoms with E-state index >= 15 is 0 Å². The van der Waals surface area contributed by atoms with Crippen LogP contribution in [0.25, 0.3) is 0 Å². The van der Waals surface area contributed by atoms with E-state index in [4.69, 9.17) is 9.47 Å². The SMILES string of the molecule is C=C1NC2=C(C(=O)CC(C)(C)C2)C(c2ccc(O)c(OC)c2)C1C(=O)OCC. The van der Waals surface area contributed by atoms with Crippen molar-refractivity contribution in [2.45, 2.75) is 39.5 Å². The minimum absolute atomic E-state index is 0.00278. The van der Waals surface area contributed by atoms with E-state index in [9.17, 15) is 14.7 Å². The molecule has 1 aromatic carbocycles. The molecule has 0 spiro atoms. The number of benzene rings is 1. The number of nitrogens with one attached hydrogen (secondary N) is 1. The predicted octanol–water partition coefficient (Wildman–Crippen LogP) is 3.42. The predicted molar refractivity (Wildman–Crippen MR) is 105 cm³/mol. The molecule has 1 aliphatic carbocycles. The number of carbonyl (C=O) groups excluding carboxylic acids is 2. The van der Waals surface area contributed by atoms with E-state index in [2.05, 4.69) is 25.7 Å². The van der Waals surface area contributed by atoms with Crippen LogP contribution >= 0.6 is 0 Å². The summed E-state index contributed by atoms with van der Waals surface area (Å²) in [5.41, 5.74) is 2.45. The summed E-state index contributed by atoms with van der Waals surface area (Å²) in [7, 11) is 1.46. The molecule has 0 saturated carbocycles. The molecule has 2 N–H and O–H groups in total. The molecule has 6 nitrogen and oxygen atoms in total. The highest BCUT2D eigenvalue weighted by molar-refractivity contribution is 6.00. The number of Topliss-reactive ketones (excluding diaryl/α,β-unsaturated/α-hetero) is 1. The fraction of sp³-hybridized carbons (Fsp3) is 0.455. The lowest BCUT2D eigenvalue weighted by Gasteiger charge is -2.42. The number of phenols is 1. The molecule has 0 radical (unpaired) electrons. The Kier molecular flexibility index (Phi) is 5.24. The molecule has 3 rings (SSSR count). The highest BCUT2D eigenvalue weighted by Gasteiger charge is 2.46. The summed E-state index contributed by atoms with van der Waals surface area (Å²) < 4.78 is 10.5. The first-order chi connectivity index (χ1) is 13.2. The van der Waals surface area contributed by atoms with Crippen molar-refractivity contribution in [2.24, 2.45) is 11.3 Å². The first-order valence-electron chi connectivity index (χ1n) is 9.44.